The second-order valence-corrected chi connectivity index (χ2v) is 3.25. The number of aromatic nitrogens is 1. The Balaban J connectivity index is 2.65. The highest BCUT2D eigenvalue weighted by atomic mass is 16.6. The predicted octanol–water partition coefficient (Wildman–Crippen LogP) is 1.35. The zero-order valence-corrected chi connectivity index (χ0v) is 9.43. The standard InChI is InChI=1S/C11H17N2O2/c1-4-13(5-2)11(14)15-10-7-6-8-12(3)9-10/h6-9H,4-5H2,1-3H3/q+1. The van der Waals surface area contributed by atoms with Crippen molar-refractivity contribution in [1.29, 1.82) is 0 Å². The molecule has 0 saturated carbocycles. The number of carbonyl (C=O) groups excluding carboxylic acids is 1. The van der Waals surface area contributed by atoms with Crippen LogP contribution in [0.25, 0.3) is 0 Å². The van der Waals surface area contributed by atoms with Gasteiger partial charge in [-0.1, -0.05) is 0 Å². The number of aryl methyl sites for hydroxylation is 1. The molecular formula is C11H17N2O2+. The van der Waals surface area contributed by atoms with E-state index in [1.807, 2.05) is 37.7 Å². The fraction of sp³-hybridized carbons (Fsp3) is 0.455. The summed E-state index contributed by atoms with van der Waals surface area (Å²) in [7, 11) is 1.88. The summed E-state index contributed by atoms with van der Waals surface area (Å²) in [5, 5.41) is 0. The third kappa shape index (κ3) is 3.23. The van der Waals surface area contributed by atoms with Crippen LogP contribution in [0.2, 0.25) is 0 Å². The van der Waals surface area contributed by atoms with Crippen LogP contribution in [0.15, 0.2) is 24.5 Å². The number of amides is 1. The van der Waals surface area contributed by atoms with Crippen LogP contribution in [0.4, 0.5) is 4.79 Å². The summed E-state index contributed by atoms with van der Waals surface area (Å²) in [6.45, 7) is 5.17. The third-order valence-corrected chi connectivity index (χ3v) is 2.14. The Morgan fingerprint density at radius 3 is 2.67 bits per heavy atom. The lowest BCUT2D eigenvalue weighted by atomic mass is 10.4. The lowest BCUT2D eigenvalue weighted by molar-refractivity contribution is -0.671. The molecule has 0 aliphatic heterocycles. The molecular weight excluding hydrogens is 192 g/mol. The Bertz CT molecular complexity index is 335. The first-order valence-corrected chi connectivity index (χ1v) is 5.09. The van der Waals surface area contributed by atoms with Gasteiger partial charge in [0.1, 0.15) is 7.05 Å². The summed E-state index contributed by atoms with van der Waals surface area (Å²) < 4.78 is 7.04. The molecule has 1 rings (SSSR count). The van der Waals surface area contributed by atoms with Crippen LogP contribution in [0.3, 0.4) is 0 Å². The molecule has 0 fully saturated rings. The lowest BCUT2D eigenvalue weighted by Crippen LogP contribution is -2.34. The summed E-state index contributed by atoms with van der Waals surface area (Å²) >= 11 is 0. The van der Waals surface area contributed by atoms with Gasteiger partial charge in [-0.3, -0.25) is 0 Å². The van der Waals surface area contributed by atoms with Crippen LogP contribution in [-0.2, 0) is 7.05 Å². The molecule has 0 atom stereocenters. The van der Waals surface area contributed by atoms with Crippen molar-refractivity contribution in [2.45, 2.75) is 13.8 Å². The molecule has 4 heteroatoms. The molecule has 1 amide bonds. The number of rotatable bonds is 3. The van der Waals surface area contributed by atoms with Gasteiger partial charge < -0.3 is 9.64 Å². The molecule has 0 unspecified atom stereocenters. The summed E-state index contributed by atoms with van der Waals surface area (Å²) in [6, 6.07) is 3.60. The summed E-state index contributed by atoms with van der Waals surface area (Å²) in [5.41, 5.74) is 0. The zero-order chi connectivity index (χ0) is 11.3. The van der Waals surface area contributed by atoms with Crippen LogP contribution in [-0.4, -0.2) is 24.1 Å². The van der Waals surface area contributed by atoms with Crippen LogP contribution in [0.5, 0.6) is 5.75 Å². The number of ether oxygens (including phenoxy) is 1. The van der Waals surface area contributed by atoms with Crippen LogP contribution in [0.1, 0.15) is 13.8 Å². The van der Waals surface area contributed by atoms with Gasteiger partial charge in [0.15, 0.2) is 11.9 Å². The highest BCUT2D eigenvalue weighted by Crippen LogP contribution is 2.07. The zero-order valence-electron chi connectivity index (χ0n) is 9.43. The lowest BCUT2D eigenvalue weighted by Gasteiger charge is -2.17. The second-order valence-electron chi connectivity index (χ2n) is 3.25. The molecule has 1 aromatic rings. The molecule has 0 spiro atoms. The first-order chi connectivity index (χ1) is 7.17. The fourth-order valence-electron chi connectivity index (χ4n) is 1.27. The number of carbonyl (C=O) groups is 1. The Morgan fingerprint density at radius 1 is 1.47 bits per heavy atom. The molecule has 0 bridgehead atoms. The smallest absolute Gasteiger partial charge is 0.404 e. The van der Waals surface area contributed by atoms with Gasteiger partial charge >= 0.3 is 6.09 Å². The first kappa shape index (κ1) is 11.5. The quantitative estimate of drug-likeness (QED) is 0.704. The van der Waals surface area contributed by atoms with Crippen LogP contribution >= 0.6 is 0 Å². The van der Waals surface area contributed by atoms with E-state index in [1.165, 1.54) is 0 Å². The van der Waals surface area contributed by atoms with Crippen molar-refractivity contribution >= 4 is 6.09 Å². The van der Waals surface area contributed by atoms with E-state index in [0.29, 0.717) is 18.8 Å². The van der Waals surface area contributed by atoms with Gasteiger partial charge in [-0.05, 0) is 19.9 Å². The van der Waals surface area contributed by atoms with E-state index in [9.17, 15) is 4.79 Å². The minimum absolute atomic E-state index is 0.300. The van der Waals surface area contributed by atoms with E-state index in [4.69, 9.17) is 4.74 Å². The highest BCUT2D eigenvalue weighted by molar-refractivity contribution is 5.70. The Labute approximate surface area is 90.1 Å². The average Bonchev–Trinajstić information content (AvgIpc) is 2.19. The van der Waals surface area contributed by atoms with Gasteiger partial charge in [-0.15, -0.1) is 0 Å². The van der Waals surface area contributed by atoms with Crippen LogP contribution in [0, 0.1) is 0 Å². The predicted molar refractivity (Wildman–Crippen MR) is 56.6 cm³/mol. The molecule has 1 heterocycles. The largest absolute Gasteiger partial charge is 0.415 e. The Hall–Kier alpha value is -1.58. The second kappa shape index (κ2) is 5.34. The highest BCUT2D eigenvalue weighted by Gasteiger charge is 2.12. The SMILES string of the molecule is CCN(CC)C(=O)Oc1ccc[n+](C)c1. The Kier molecular flexibility index (Phi) is 4.09. The van der Waals surface area contributed by atoms with Crippen molar-refractivity contribution in [1.82, 2.24) is 4.90 Å². The van der Waals surface area contributed by atoms with Crippen molar-refractivity contribution in [3.63, 3.8) is 0 Å². The summed E-state index contributed by atoms with van der Waals surface area (Å²) in [5.74, 6) is 0.567. The van der Waals surface area contributed by atoms with Crippen molar-refractivity contribution in [3.8, 4) is 5.75 Å². The molecule has 0 radical (unpaired) electrons. The van der Waals surface area contributed by atoms with Crippen molar-refractivity contribution in [2.75, 3.05) is 13.1 Å². The number of hydrogen-bond acceptors (Lipinski definition) is 2. The molecule has 0 aliphatic carbocycles. The molecule has 15 heavy (non-hydrogen) atoms. The van der Waals surface area contributed by atoms with Gasteiger partial charge in [0.05, 0.1) is 0 Å². The minimum Gasteiger partial charge on any atom is -0.404 e. The Morgan fingerprint density at radius 2 is 2.13 bits per heavy atom. The van der Waals surface area contributed by atoms with Gasteiger partial charge in [0.25, 0.3) is 0 Å². The maximum Gasteiger partial charge on any atom is 0.415 e. The topological polar surface area (TPSA) is 33.4 Å². The van der Waals surface area contributed by atoms with E-state index >= 15 is 0 Å². The van der Waals surface area contributed by atoms with E-state index in [1.54, 1.807) is 17.2 Å². The van der Waals surface area contributed by atoms with Gasteiger partial charge in [-0.2, -0.15) is 0 Å². The average molecular weight is 209 g/mol. The molecule has 82 valence electrons. The normalized spacial score (nSPS) is 9.80. The molecule has 1 aromatic heterocycles. The fourth-order valence-corrected chi connectivity index (χ4v) is 1.27. The van der Waals surface area contributed by atoms with E-state index in [-0.39, 0.29) is 6.09 Å². The van der Waals surface area contributed by atoms with Gasteiger partial charge in [-0.25, -0.2) is 9.36 Å². The number of pyridine rings is 1. The molecule has 4 nitrogen and oxygen atoms in total. The molecule has 0 N–H and O–H groups in total. The van der Waals surface area contributed by atoms with Crippen LogP contribution < -0.4 is 9.30 Å². The van der Waals surface area contributed by atoms with E-state index < -0.39 is 0 Å². The van der Waals surface area contributed by atoms with Gasteiger partial charge in [0, 0.05) is 19.2 Å². The van der Waals surface area contributed by atoms with E-state index in [2.05, 4.69) is 0 Å². The third-order valence-electron chi connectivity index (χ3n) is 2.14. The molecule has 0 saturated heterocycles. The van der Waals surface area contributed by atoms with Crippen molar-refractivity contribution in [2.24, 2.45) is 7.05 Å². The maximum absolute atomic E-state index is 11.6. The monoisotopic (exact) mass is 209 g/mol. The molecule has 0 aromatic carbocycles. The first-order valence-electron chi connectivity index (χ1n) is 5.09. The maximum atomic E-state index is 11.6. The summed E-state index contributed by atoms with van der Waals surface area (Å²) in [6.07, 6.45) is 3.35. The van der Waals surface area contributed by atoms with Crippen molar-refractivity contribution in [3.05, 3.63) is 24.5 Å². The van der Waals surface area contributed by atoms with E-state index in [0.717, 1.165) is 0 Å². The summed E-state index contributed by atoms with van der Waals surface area (Å²) in [4.78, 5) is 13.2. The van der Waals surface area contributed by atoms with Crippen molar-refractivity contribution < 1.29 is 14.1 Å². The van der Waals surface area contributed by atoms with Gasteiger partial charge in [0.2, 0.25) is 6.20 Å². The number of hydrogen-bond donors (Lipinski definition) is 0. The number of nitrogens with zero attached hydrogens (tertiary/aromatic N) is 2. The molecule has 0 aliphatic rings. The minimum atomic E-state index is -0.300.